The first-order valence-electron chi connectivity index (χ1n) is 13.3. The van der Waals surface area contributed by atoms with E-state index in [1.165, 1.54) is 24.2 Å². The van der Waals surface area contributed by atoms with Crippen LogP contribution in [0.1, 0.15) is 57.0 Å². The van der Waals surface area contributed by atoms with Gasteiger partial charge in [0.25, 0.3) is 5.56 Å². The lowest BCUT2D eigenvalue weighted by atomic mass is 10.1. The Labute approximate surface area is 255 Å². The van der Waals surface area contributed by atoms with Gasteiger partial charge in [-0.05, 0) is 51.2 Å². The normalized spacial score (nSPS) is 24.2. The van der Waals surface area contributed by atoms with Gasteiger partial charge in [-0.2, -0.15) is 0 Å². The number of ether oxygens (including phenoxy) is 3. The monoisotopic (exact) mass is 685 g/mol. The van der Waals surface area contributed by atoms with Crippen LogP contribution in [0.25, 0.3) is 6.08 Å². The van der Waals surface area contributed by atoms with Crippen LogP contribution in [-0.4, -0.2) is 52.1 Å². The molecule has 14 nitrogen and oxygen atoms in total. The number of alkyl carbamates (subject to hydrolysis) is 1. The van der Waals surface area contributed by atoms with Gasteiger partial charge in [-0.15, -0.1) is 0 Å². The Morgan fingerprint density at radius 2 is 2.05 bits per heavy atom. The molecule has 2 N–H and O–H groups in total. The molecule has 3 heterocycles. The number of benzene rings is 1. The lowest BCUT2D eigenvalue weighted by molar-refractivity contribution is -0.155. The van der Waals surface area contributed by atoms with Gasteiger partial charge in [0.2, 0.25) is 0 Å². The zero-order valence-corrected chi connectivity index (χ0v) is 26.6. The van der Waals surface area contributed by atoms with Crippen LogP contribution in [0, 0.1) is 6.92 Å². The van der Waals surface area contributed by atoms with E-state index < -0.39 is 67.8 Å². The van der Waals surface area contributed by atoms with E-state index in [0.29, 0.717) is 11.3 Å². The first-order chi connectivity index (χ1) is 20.2. The number of phosphoric ester groups is 1. The Bertz CT molecular complexity index is 1560. The van der Waals surface area contributed by atoms with Crippen molar-refractivity contribution in [2.45, 2.75) is 77.7 Å². The molecule has 1 saturated heterocycles. The molecule has 0 aliphatic carbocycles. The summed E-state index contributed by atoms with van der Waals surface area (Å²) >= 11 is 3.10. The van der Waals surface area contributed by atoms with Crippen LogP contribution in [0.5, 0.6) is 5.75 Å². The molecule has 16 heteroatoms. The zero-order valence-electron chi connectivity index (χ0n) is 24.2. The number of amides is 1. The summed E-state index contributed by atoms with van der Waals surface area (Å²) in [6.07, 6.45) is -1.21. The van der Waals surface area contributed by atoms with Gasteiger partial charge in [-0.25, -0.2) is 18.9 Å². The minimum absolute atomic E-state index is 0.00859. The maximum Gasteiger partial charge on any atom is 0.530 e. The van der Waals surface area contributed by atoms with Gasteiger partial charge in [-0.1, -0.05) is 34.1 Å². The summed E-state index contributed by atoms with van der Waals surface area (Å²) in [6, 6.07) is 4.28. The predicted molar refractivity (Wildman–Crippen MR) is 157 cm³/mol. The van der Waals surface area contributed by atoms with Crippen LogP contribution in [0.15, 0.2) is 39.0 Å². The molecule has 1 aromatic heterocycles. The topological polar surface area (TPSA) is 173 Å². The molecule has 2 aliphatic heterocycles. The van der Waals surface area contributed by atoms with Crippen molar-refractivity contribution in [3.63, 3.8) is 0 Å². The number of carbonyl (C=O) groups is 2. The number of hydrogen-bond acceptors (Lipinski definition) is 11. The SMILES string of the molecule is Cc1cccc2c1OP(=O)(OC[C@H]1O[C@@H](n3cc(/C=C/Br)c(=O)[nH]c3=O)C[C@@H]1OC(=O)[C@@H](C)NC(=O)OC(C)(C)C)OC2. The predicted octanol–water partition coefficient (Wildman–Crippen LogP) is 4.06. The second-order valence-electron chi connectivity index (χ2n) is 10.9. The Morgan fingerprint density at radius 3 is 2.74 bits per heavy atom. The van der Waals surface area contributed by atoms with Crippen molar-refractivity contribution in [3.8, 4) is 5.75 Å². The molecule has 2 aliphatic rings. The van der Waals surface area contributed by atoms with Gasteiger partial charge >= 0.3 is 25.6 Å². The molecule has 1 amide bonds. The third-order valence-electron chi connectivity index (χ3n) is 6.35. The van der Waals surface area contributed by atoms with E-state index in [9.17, 15) is 23.7 Å². The van der Waals surface area contributed by atoms with E-state index in [-0.39, 0.29) is 18.6 Å². The minimum Gasteiger partial charge on any atom is -0.458 e. The van der Waals surface area contributed by atoms with Crippen molar-refractivity contribution < 1.29 is 41.9 Å². The number of rotatable bonds is 8. The highest BCUT2D eigenvalue weighted by Crippen LogP contribution is 2.55. The third-order valence-corrected chi connectivity index (χ3v) is 7.94. The molecule has 2 aromatic rings. The number of fused-ring (bicyclic) bond motifs is 1. The Kier molecular flexibility index (Phi) is 10.0. The summed E-state index contributed by atoms with van der Waals surface area (Å²) in [7, 11) is -4.09. The zero-order chi connectivity index (χ0) is 31.5. The highest BCUT2D eigenvalue weighted by atomic mass is 79.9. The fourth-order valence-electron chi connectivity index (χ4n) is 4.31. The van der Waals surface area contributed by atoms with Crippen LogP contribution >= 0.6 is 23.8 Å². The fourth-order valence-corrected chi connectivity index (χ4v) is 5.89. The molecule has 0 bridgehead atoms. The second-order valence-corrected chi connectivity index (χ2v) is 13.0. The number of carbonyl (C=O) groups excluding carboxylic acids is 2. The number of phosphoric acid groups is 1. The molecular formula is C27H33BrN3O11P. The van der Waals surface area contributed by atoms with Gasteiger partial charge in [0.1, 0.15) is 35.8 Å². The highest BCUT2D eigenvalue weighted by molar-refractivity contribution is 9.11. The number of aromatic amines is 1. The maximum atomic E-state index is 13.3. The molecular weight excluding hydrogens is 653 g/mol. The molecule has 234 valence electrons. The van der Waals surface area contributed by atoms with Crippen LogP contribution in [0.4, 0.5) is 4.79 Å². The third kappa shape index (κ3) is 8.24. The average molecular weight is 686 g/mol. The lowest BCUT2D eigenvalue weighted by Crippen LogP contribution is -2.44. The largest absolute Gasteiger partial charge is 0.530 e. The highest BCUT2D eigenvalue weighted by Gasteiger charge is 2.43. The van der Waals surface area contributed by atoms with Crippen LogP contribution < -0.4 is 21.1 Å². The van der Waals surface area contributed by atoms with Crippen molar-refractivity contribution >= 4 is 41.9 Å². The number of nitrogens with one attached hydrogen (secondary N) is 2. The van der Waals surface area contributed by atoms with E-state index in [4.69, 9.17) is 27.8 Å². The fraction of sp³-hybridized carbons (Fsp3) is 0.481. The van der Waals surface area contributed by atoms with E-state index in [1.54, 1.807) is 39.8 Å². The van der Waals surface area contributed by atoms with Gasteiger partial charge in [0.05, 0.1) is 18.8 Å². The summed E-state index contributed by atoms with van der Waals surface area (Å²) in [5, 5.41) is 2.41. The summed E-state index contributed by atoms with van der Waals surface area (Å²) in [5.41, 5.74) is -0.546. The van der Waals surface area contributed by atoms with Crippen molar-refractivity contribution in [2.75, 3.05) is 6.61 Å². The molecule has 1 aromatic carbocycles. The molecule has 0 spiro atoms. The molecule has 1 fully saturated rings. The van der Waals surface area contributed by atoms with E-state index in [1.807, 2.05) is 6.07 Å². The first kappa shape index (κ1) is 32.7. The van der Waals surface area contributed by atoms with E-state index in [2.05, 4.69) is 26.2 Å². The number of esters is 1. The Hall–Kier alpha value is -3.23. The molecule has 1 unspecified atom stereocenters. The number of aromatic nitrogens is 2. The Morgan fingerprint density at radius 1 is 1.30 bits per heavy atom. The Balaban J connectivity index is 1.53. The quantitative estimate of drug-likeness (QED) is 0.303. The maximum absolute atomic E-state index is 13.3. The molecule has 0 radical (unpaired) electrons. The molecule has 4 rings (SSSR count). The van der Waals surface area contributed by atoms with Gasteiger partial charge in [0, 0.05) is 18.2 Å². The van der Waals surface area contributed by atoms with E-state index >= 15 is 0 Å². The van der Waals surface area contributed by atoms with Crippen LogP contribution in [-0.2, 0) is 39.2 Å². The summed E-state index contributed by atoms with van der Waals surface area (Å²) in [4.78, 5) is 53.6. The van der Waals surface area contributed by atoms with Gasteiger partial charge in [0.15, 0.2) is 0 Å². The van der Waals surface area contributed by atoms with Crippen LogP contribution in [0.3, 0.4) is 0 Å². The number of halogens is 1. The van der Waals surface area contributed by atoms with Gasteiger partial charge in [-0.3, -0.25) is 23.4 Å². The minimum atomic E-state index is -4.09. The molecule has 43 heavy (non-hydrogen) atoms. The summed E-state index contributed by atoms with van der Waals surface area (Å²) < 4.78 is 48.0. The standard InChI is InChI=1S/C27H33BrN3O11P/c1-15-7-6-8-18-13-37-43(36,42-22(15)18)38-14-20-19(40-24(33)16(2)29-26(35)41-27(3,4)5)11-21(39-20)31-12-17(9-10-28)23(32)30-25(31)34/h6-10,12,16,19-21H,11,13-14H2,1-5H3,(H,29,35)(H,30,32,34)/b10-9+/t16-,19+,20-,21-,43?/m1/s1. The van der Waals surface area contributed by atoms with Crippen molar-refractivity contribution in [1.82, 2.24) is 14.9 Å². The van der Waals surface area contributed by atoms with Gasteiger partial charge < -0.3 is 24.1 Å². The number of aryl methyl sites for hydroxylation is 1. The number of nitrogens with zero attached hydrogens (tertiary/aromatic N) is 1. The average Bonchev–Trinajstić information content (AvgIpc) is 3.30. The number of H-pyrrole nitrogens is 1. The molecule has 0 saturated carbocycles. The second kappa shape index (κ2) is 13.2. The lowest BCUT2D eigenvalue weighted by Gasteiger charge is -2.27. The van der Waals surface area contributed by atoms with Crippen molar-refractivity contribution in [3.05, 3.63) is 66.9 Å². The number of hydrogen-bond donors (Lipinski definition) is 2. The smallest absolute Gasteiger partial charge is 0.458 e. The molecule has 5 atom stereocenters. The summed E-state index contributed by atoms with van der Waals surface area (Å²) in [5.74, 6) is -0.428. The van der Waals surface area contributed by atoms with Crippen molar-refractivity contribution in [1.29, 1.82) is 0 Å². The summed E-state index contributed by atoms with van der Waals surface area (Å²) in [6.45, 7) is 7.83. The van der Waals surface area contributed by atoms with Crippen LogP contribution in [0.2, 0.25) is 0 Å². The van der Waals surface area contributed by atoms with Crippen molar-refractivity contribution in [2.24, 2.45) is 0 Å². The number of para-hydroxylation sites is 1. The first-order valence-corrected chi connectivity index (χ1v) is 15.7. The van der Waals surface area contributed by atoms with E-state index in [0.717, 1.165) is 10.1 Å².